The first-order valence-corrected chi connectivity index (χ1v) is 9.91. The van der Waals surface area contributed by atoms with Gasteiger partial charge >= 0.3 is 0 Å². The number of rotatable bonds is 8. The summed E-state index contributed by atoms with van der Waals surface area (Å²) in [6.45, 7) is 4.11. The standard InChI is InChI=1S/C21H27BrN2O2.ClH/c1-25-18-8-6-17(7-9-18)20(24-11-3-4-12-24)15-23-14-16-5-10-21(26-2)19(22)13-16;/h5-10,13,20,23H,3-4,11-12,14-15H2,1-2H3;1H. The zero-order valence-electron chi connectivity index (χ0n) is 15.9. The van der Waals surface area contributed by atoms with Crippen LogP contribution in [0.5, 0.6) is 11.5 Å². The molecule has 1 fully saturated rings. The van der Waals surface area contributed by atoms with Crippen molar-refractivity contribution in [2.45, 2.75) is 25.4 Å². The molecular weight excluding hydrogens is 428 g/mol. The largest absolute Gasteiger partial charge is 0.497 e. The highest BCUT2D eigenvalue weighted by molar-refractivity contribution is 9.10. The molecule has 4 nitrogen and oxygen atoms in total. The Morgan fingerprint density at radius 1 is 1.04 bits per heavy atom. The van der Waals surface area contributed by atoms with Gasteiger partial charge in [-0.25, -0.2) is 0 Å². The molecule has 6 heteroatoms. The molecule has 1 N–H and O–H groups in total. The molecule has 27 heavy (non-hydrogen) atoms. The normalized spacial score (nSPS) is 15.2. The summed E-state index contributed by atoms with van der Waals surface area (Å²) < 4.78 is 11.6. The average molecular weight is 456 g/mol. The summed E-state index contributed by atoms with van der Waals surface area (Å²) in [5.74, 6) is 1.77. The molecule has 0 saturated carbocycles. The van der Waals surface area contributed by atoms with Gasteiger partial charge in [-0.15, -0.1) is 12.4 Å². The van der Waals surface area contributed by atoms with Crippen molar-refractivity contribution in [1.29, 1.82) is 0 Å². The highest BCUT2D eigenvalue weighted by Gasteiger charge is 2.23. The lowest BCUT2D eigenvalue weighted by molar-refractivity contribution is 0.238. The maximum atomic E-state index is 5.30. The van der Waals surface area contributed by atoms with E-state index in [1.54, 1.807) is 14.2 Å². The molecule has 0 aromatic heterocycles. The fourth-order valence-electron chi connectivity index (χ4n) is 3.51. The molecule has 1 heterocycles. The third-order valence-electron chi connectivity index (χ3n) is 4.97. The van der Waals surface area contributed by atoms with Crippen LogP contribution in [-0.4, -0.2) is 38.8 Å². The number of halogens is 2. The first-order chi connectivity index (χ1) is 12.7. The molecule has 1 saturated heterocycles. The van der Waals surface area contributed by atoms with E-state index in [1.807, 2.05) is 6.07 Å². The van der Waals surface area contributed by atoms with Crippen LogP contribution in [0.2, 0.25) is 0 Å². The SMILES string of the molecule is COc1ccc(C(CNCc2ccc(OC)c(Br)c2)N2CCCC2)cc1.Cl. The van der Waals surface area contributed by atoms with Crippen molar-refractivity contribution in [3.05, 3.63) is 58.1 Å². The fraction of sp³-hybridized carbons (Fsp3) is 0.429. The van der Waals surface area contributed by atoms with Gasteiger partial charge in [0.2, 0.25) is 0 Å². The number of likely N-dealkylation sites (tertiary alicyclic amines) is 1. The topological polar surface area (TPSA) is 33.7 Å². The maximum absolute atomic E-state index is 5.30. The molecule has 0 bridgehead atoms. The van der Waals surface area contributed by atoms with Crippen molar-refractivity contribution in [3.8, 4) is 11.5 Å². The van der Waals surface area contributed by atoms with Crippen LogP contribution in [0.15, 0.2) is 46.9 Å². The molecule has 148 valence electrons. The lowest BCUT2D eigenvalue weighted by atomic mass is 10.0. The minimum atomic E-state index is 0. The first-order valence-electron chi connectivity index (χ1n) is 9.12. The van der Waals surface area contributed by atoms with E-state index in [0.717, 1.165) is 29.1 Å². The van der Waals surface area contributed by atoms with Gasteiger partial charge in [0.05, 0.1) is 18.7 Å². The Hall–Kier alpha value is -1.27. The second-order valence-electron chi connectivity index (χ2n) is 6.63. The average Bonchev–Trinajstić information content (AvgIpc) is 3.20. The van der Waals surface area contributed by atoms with Gasteiger partial charge in [0.25, 0.3) is 0 Å². The summed E-state index contributed by atoms with van der Waals surface area (Å²) in [5, 5.41) is 3.64. The summed E-state index contributed by atoms with van der Waals surface area (Å²) >= 11 is 3.56. The minimum Gasteiger partial charge on any atom is -0.497 e. The van der Waals surface area contributed by atoms with E-state index in [0.29, 0.717) is 6.04 Å². The Morgan fingerprint density at radius 2 is 1.74 bits per heavy atom. The molecule has 1 atom stereocenters. The highest BCUT2D eigenvalue weighted by atomic mass is 79.9. The molecule has 0 spiro atoms. The Balaban J connectivity index is 0.00000261. The van der Waals surface area contributed by atoms with Crippen molar-refractivity contribution in [3.63, 3.8) is 0 Å². The van der Waals surface area contributed by atoms with E-state index in [1.165, 1.54) is 37.1 Å². The van der Waals surface area contributed by atoms with Gasteiger partial charge in [-0.3, -0.25) is 4.90 Å². The molecule has 1 unspecified atom stereocenters. The lowest BCUT2D eigenvalue weighted by Gasteiger charge is -2.28. The Kier molecular flexibility index (Phi) is 8.90. The molecule has 0 aliphatic carbocycles. The van der Waals surface area contributed by atoms with E-state index >= 15 is 0 Å². The van der Waals surface area contributed by atoms with E-state index < -0.39 is 0 Å². The number of methoxy groups -OCH3 is 2. The second kappa shape index (κ2) is 10.9. The van der Waals surface area contributed by atoms with Crippen LogP contribution in [0.25, 0.3) is 0 Å². The quantitative estimate of drug-likeness (QED) is 0.619. The van der Waals surface area contributed by atoms with Crippen LogP contribution in [-0.2, 0) is 6.54 Å². The van der Waals surface area contributed by atoms with Gasteiger partial charge in [-0.1, -0.05) is 18.2 Å². The second-order valence-corrected chi connectivity index (χ2v) is 7.49. The van der Waals surface area contributed by atoms with Gasteiger partial charge in [-0.05, 0) is 77.3 Å². The van der Waals surface area contributed by atoms with E-state index in [9.17, 15) is 0 Å². The molecule has 0 amide bonds. The van der Waals surface area contributed by atoms with Gasteiger partial charge in [-0.2, -0.15) is 0 Å². The van der Waals surface area contributed by atoms with Gasteiger partial charge < -0.3 is 14.8 Å². The van der Waals surface area contributed by atoms with E-state index in [2.05, 4.69) is 62.5 Å². The molecule has 1 aliphatic rings. The van der Waals surface area contributed by atoms with Crippen molar-refractivity contribution in [1.82, 2.24) is 10.2 Å². The molecule has 1 aliphatic heterocycles. The van der Waals surface area contributed by atoms with Crippen LogP contribution >= 0.6 is 28.3 Å². The van der Waals surface area contributed by atoms with Crippen molar-refractivity contribution in [2.24, 2.45) is 0 Å². The maximum Gasteiger partial charge on any atom is 0.133 e. The highest BCUT2D eigenvalue weighted by Crippen LogP contribution is 2.27. The van der Waals surface area contributed by atoms with Gasteiger partial charge in [0, 0.05) is 19.1 Å². The van der Waals surface area contributed by atoms with Gasteiger partial charge in [0.1, 0.15) is 11.5 Å². The number of nitrogens with zero attached hydrogens (tertiary/aromatic N) is 1. The van der Waals surface area contributed by atoms with E-state index in [-0.39, 0.29) is 12.4 Å². The van der Waals surface area contributed by atoms with Crippen molar-refractivity contribution >= 4 is 28.3 Å². The third kappa shape index (κ3) is 5.85. The van der Waals surface area contributed by atoms with Gasteiger partial charge in [0.15, 0.2) is 0 Å². The van der Waals surface area contributed by atoms with Crippen LogP contribution in [0.3, 0.4) is 0 Å². The van der Waals surface area contributed by atoms with Crippen LogP contribution in [0, 0.1) is 0 Å². The Labute approximate surface area is 176 Å². The first kappa shape index (κ1) is 22.0. The summed E-state index contributed by atoms with van der Waals surface area (Å²) in [5.41, 5.74) is 2.59. The number of benzene rings is 2. The van der Waals surface area contributed by atoms with Crippen LogP contribution < -0.4 is 14.8 Å². The number of hydrogen-bond acceptors (Lipinski definition) is 4. The predicted molar refractivity (Wildman–Crippen MR) is 116 cm³/mol. The minimum absolute atomic E-state index is 0. The molecule has 3 rings (SSSR count). The predicted octanol–water partition coefficient (Wildman–Crippen LogP) is 4.81. The Morgan fingerprint density at radius 3 is 2.33 bits per heavy atom. The van der Waals surface area contributed by atoms with Crippen molar-refractivity contribution < 1.29 is 9.47 Å². The summed E-state index contributed by atoms with van der Waals surface area (Å²) in [7, 11) is 3.40. The van der Waals surface area contributed by atoms with Crippen LogP contribution in [0.4, 0.5) is 0 Å². The zero-order valence-corrected chi connectivity index (χ0v) is 18.3. The van der Waals surface area contributed by atoms with E-state index in [4.69, 9.17) is 9.47 Å². The molecule has 2 aromatic carbocycles. The smallest absolute Gasteiger partial charge is 0.133 e. The van der Waals surface area contributed by atoms with Crippen LogP contribution in [0.1, 0.15) is 30.0 Å². The summed E-state index contributed by atoms with van der Waals surface area (Å²) in [4.78, 5) is 2.58. The molecule has 2 aromatic rings. The third-order valence-corrected chi connectivity index (χ3v) is 5.58. The fourth-order valence-corrected chi connectivity index (χ4v) is 4.10. The Bertz CT molecular complexity index is 706. The summed E-state index contributed by atoms with van der Waals surface area (Å²) in [6.07, 6.45) is 2.58. The molecular formula is C21H28BrClN2O2. The van der Waals surface area contributed by atoms with Crippen molar-refractivity contribution in [2.75, 3.05) is 33.9 Å². The summed E-state index contributed by atoms with van der Waals surface area (Å²) in [6, 6.07) is 15.1. The number of hydrogen-bond donors (Lipinski definition) is 1. The molecule has 0 radical (unpaired) electrons. The number of nitrogens with one attached hydrogen (secondary N) is 1. The monoisotopic (exact) mass is 454 g/mol. The number of ether oxygens (including phenoxy) is 2. The zero-order chi connectivity index (χ0) is 18.4. The lowest BCUT2D eigenvalue weighted by Crippen LogP contribution is -2.34.